The summed E-state index contributed by atoms with van der Waals surface area (Å²) in [4.78, 5) is 10.9. The second-order valence-electron chi connectivity index (χ2n) is 2.96. The highest BCUT2D eigenvalue weighted by molar-refractivity contribution is 5.77. The van der Waals surface area contributed by atoms with Crippen LogP contribution in [0.5, 0.6) is 5.75 Å². The van der Waals surface area contributed by atoms with E-state index in [-0.39, 0.29) is 5.75 Å². The van der Waals surface area contributed by atoms with Crippen LogP contribution in [0.1, 0.15) is 6.92 Å². The molecule has 82 valence electrons. The number of halogens is 2. The Kier molecular flexibility index (Phi) is 3.24. The maximum atomic E-state index is 13.5. The lowest BCUT2D eigenvalue weighted by Crippen LogP contribution is -2.37. The number of alkyl halides is 1. The normalized spacial score (nSPS) is 14.1. The van der Waals surface area contributed by atoms with E-state index in [4.69, 9.17) is 4.74 Å². The van der Waals surface area contributed by atoms with Crippen molar-refractivity contribution in [2.75, 3.05) is 7.11 Å². The number of methoxy groups -OCH3 is 1. The van der Waals surface area contributed by atoms with Gasteiger partial charge < -0.3 is 9.47 Å². The van der Waals surface area contributed by atoms with Gasteiger partial charge in [-0.05, 0) is 24.3 Å². The van der Waals surface area contributed by atoms with Crippen LogP contribution in [0.3, 0.4) is 0 Å². The van der Waals surface area contributed by atoms with Gasteiger partial charge >= 0.3 is 11.8 Å². The molecule has 3 nitrogen and oxygen atoms in total. The van der Waals surface area contributed by atoms with Crippen molar-refractivity contribution in [3.63, 3.8) is 0 Å². The van der Waals surface area contributed by atoms with Crippen molar-refractivity contribution < 1.29 is 23.0 Å². The largest absolute Gasteiger partial charge is 0.464 e. The third kappa shape index (κ3) is 2.90. The van der Waals surface area contributed by atoms with Crippen LogP contribution in [0, 0.1) is 5.82 Å². The molecule has 5 heteroatoms. The molecule has 0 fully saturated rings. The minimum Gasteiger partial charge on any atom is -0.464 e. The van der Waals surface area contributed by atoms with Crippen LogP contribution < -0.4 is 4.74 Å². The van der Waals surface area contributed by atoms with Crippen LogP contribution >= 0.6 is 0 Å². The van der Waals surface area contributed by atoms with Crippen LogP contribution in [0.25, 0.3) is 0 Å². The molecule has 1 atom stereocenters. The maximum Gasteiger partial charge on any atom is 0.383 e. The third-order valence-electron chi connectivity index (χ3n) is 1.67. The molecule has 0 radical (unpaired) electrons. The highest BCUT2D eigenvalue weighted by Crippen LogP contribution is 2.20. The molecule has 1 rings (SSSR count). The summed E-state index contributed by atoms with van der Waals surface area (Å²) in [5, 5.41) is 0. The van der Waals surface area contributed by atoms with Crippen molar-refractivity contribution in [1.29, 1.82) is 0 Å². The highest BCUT2D eigenvalue weighted by Gasteiger charge is 2.36. The van der Waals surface area contributed by atoms with Gasteiger partial charge in [0.15, 0.2) is 0 Å². The van der Waals surface area contributed by atoms with Gasteiger partial charge in [0.1, 0.15) is 11.6 Å². The average Bonchev–Trinajstić information content (AvgIpc) is 2.20. The number of rotatable bonds is 3. The topological polar surface area (TPSA) is 35.5 Å². The summed E-state index contributed by atoms with van der Waals surface area (Å²) in [7, 11) is 1.05. The Balaban J connectivity index is 2.77. The number of esters is 1. The molecule has 0 spiro atoms. The number of benzene rings is 1. The Bertz CT molecular complexity index is 346. The summed E-state index contributed by atoms with van der Waals surface area (Å²) in [5.41, 5.74) is 0. The number of carbonyl (C=O) groups is 1. The van der Waals surface area contributed by atoms with Gasteiger partial charge in [0.2, 0.25) is 0 Å². The first kappa shape index (κ1) is 11.4. The lowest BCUT2D eigenvalue weighted by molar-refractivity contribution is -0.174. The Morgan fingerprint density at radius 2 is 1.87 bits per heavy atom. The van der Waals surface area contributed by atoms with E-state index >= 15 is 0 Å². The summed E-state index contributed by atoms with van der Waals surface area (Å²) >= 11 is 0. The van der Waals surface area contributed by atoms with E-state index in [0.29, 0.717) is 0 Å². The van der Waals surface area contributed by atoms with E-state index < -0.39 is 17.6 Å². The van der Waals surface area contributed by atoms with Gasteiger partial charge in [0.25, 0.3) is 0 Å². The molecule has 0 aromatic heterocycles. The van der Waals surface area contributed by atoms with Gasteiger partial charge in [-0.1, -0.05) is 0 Å². The fraction of sp³-hybridized carbons (Fsp3) is 0.300. The van der Waals surface area contributed by atoms with E-state index in [9.17, 15) is 13.6 Å². The van der Waals surface area contributed by atoms with Crippen LogP contribution in [-0.2, 0) is 9.53 Å². The molecule has 0 bridgehead atoms. The van der Waals surface area contributed by atoms with Crippen LogP contribution in [0.2, 0.25) is 0 Å². The number of carbonyl (C=O) groups excluding carboxylic acids is 1. The second-order valence-corrected chi connectivity index (χ2v) is 2.96. The standard InChI is InChI=1S/C10H10F2O3/c1-10(12,9(13)14-2)15-8-5-3-7(11)4-6-8/h3-6H,1-2H3. The van der Waals surface area contributed by atoms with Crippen molar-refractivity contribution >= 4 is 5.97 Å². The van der Waals surface area contributed by atoms with Gasteiger partial charge in [0.05, 0.1) is 7.11 Å². The number of hydrogen-bond acceptors (Lipinski definition) is 3. The van der Waals surface area contributed by atoms with Gasteiger partial charge in [-0.3, -0.25) is 0 Å². The minimum atomic E-state index is -2.58. The van der Waals surface area contributed by atoms with E-state index in [2.05, 4.69) is 4.74 Å². The second kappa shape index (κ2) is 4.25. The summed E-state index contributed by atoms with van der Waals surface area (Å²) < 4.78 is 34.9. The molecule has 0 aliphatic heterocycles. The summed E-state index contributed by atoms with van der Waals surface area (Å²) in [6.07, 6.45) is 0. The van der Waals surface area contributed by atoms with E-state index in [1.165, 1.54) is 12.1 Å². The third-order valence-corrected chi connectivity index (χ3v) is 1.67. The SMILES string of the molecule is COC(=O)C(C)(F)Oc1ccc(F)cc1. The molecule has 0 saturated heterocycles. The first-order valence-electron chi connectivity index (χ1n) is 4.17. The molecular weight excluding hydrogens is 206 g/mol. The van der Waals surface area contributed by atoms with Gasteiger partial charge in [0, 0.05) is 6.92 Å². The molecule has 0 N–H and O–H groups in total. The number of hydrogen-bond donors (Lipinski definition) is 0. The van der Waals surface area contributed by atoms with E-state index in [1.807, 2.05) is 0 Å². The van der Waals surface area contributed by atoms with Crippen molar-refractivity contribution in [2.24, 2.45) is 0 Å². The van der Waals surface area contributed by atoms with Crippen LogP contribution in [-0.4, -0.2) is 18.9 Å². The first-order valence-corrected chi connectivity index (χ1v) is 4.17. The molecular formula is C10H10F2O3. The summed E-state index contributed by atoms with van der Waals surface area (Å²) in [5.74, 6) is -4.15. The monoisotopic (exact) mass is 216 g/mol. The van der Waals surface area contributed by atoms with Gasteiger partial charge in [-0.25, -0.2) is 9.18 Å². The van der Waals surface area contributed by atoms with E-state index in [0.717, 1.165) is 26.2 Å². The predicted molar refractivity (Wildman–Crippen MR) is 48.6 cm³/mol. The first-order chi connectivity index (χ1) is 6.95. The van der Waals surface area contributed by atoms with Crippen molar-refractivity contribution in [3.05, 3.63) is 30.1 Å². The van der Waals surface area contributed by atoms with Crippen molar-refractivity contribution in [1.82, 2.24) is 0 Å². The highest BCUT2D eigenvalue weighted by atomic mass is 19.2. The summed E-state index contributed by atoms with van der Waals surface area (Å²) in [6, 6.07) is 4.64. The maximum absolute atomic E-state index is 13.5. The molecule has 1 aromatic rings. The minimum absolute atomic E-state index is 0.0480. The van der Waals surface area contributed by atoms with E-state index in [1.54, 1.807) is 0 Å². The summed E-state index contributed by atoms with van der Waals surface area (Å²) in [6.45, 7) is 0.919. The molecule has 0 aliphatic rings. The molecule has 1 unspecified atom stereocenters. The zero-order valence-corrected chi connectivity index (χ0v) is 8.29. The molecule has 1 aromatic carbocycles. The molecule has 15 heavy (non-hydrogen) atoms. The molecule has 0 amide bonds. The van der Waals surface area contributed by atoms with Crippen LogP contribution in [0.4, 0.5) is 8.78 Å². The van der Waals surface area contributed by atoms with Crippen molar-refractivity contribution in [2.45, 2.75) is 12.8 Å². The Morgan fingerprint density at radius 3 is 2.33 bits per heavy atom. The average molecular weight is 216 g/mol. The van der Waals surface area contributed by atoms with Crippen molar-refractivity contribution in [3.8, 4) is 5.75 Å². The zero-order chi connectivity index (χ0) is 11.5. The molecule has 0 saturated carbocycles. The lowest BCUT2D eigenvalue weighted by atomic mass is 10.3. The fourth-order valence-electron chi connectivity index (χ4n) is 0.948. The van der Waals surface area contributed by atoms with Gasteiger partial charge in [-0.2, -0.15) is 4.39 Å². The van der Waals surface area contributed by atoms with Gasteiger partial charge in [-0.15, -0.1) is 0 Å². The Morgan fingerprint density at radius 1 is 1.33 bits per heavy atom. The molecule has 0 aliphatic carbocycles. The quantitative estimate of drug-likeness (QED) is 0.725. The van der Waals surface area contributed by atoms with Crippen LogP contribution in [0.15, 0.2) is 24.3 Å². The Labute approximate surface area is 85.6 Å². The predicted octanol–water partition coefficient (Wildman–Crippen LogP) is 2.06. The number of ether oxygens (including phenoxy) is 2. The Hall–Kier alpha value is -1.65. The molecule has 0 heterocycles. The smallest absolute Gasteiger partial charge is 0.383 e. The zero-order valence-electron chi connectivity index (χ0n) is 8.29. The fourth-order valence-corrected chi connectivity index (χ4v) is 0.948. The lowest BCUT2D eigenvalue weighted by Gasteiger charge is -2.19.